The van der Waals surface area contributed by atoms with Gasteiger partial charge in [-0.2, -0.15) is 0 Å². The minimum Gasteiger partial charge on any atom is -0.497 e. The van der Waals surface area contributed by atoms with Crippen molar-refractivity contribution in [3.05, 3.63) is 42.0 Å². The van der Waals surface area contributed by atoms with Crippen LogP contribution in [0.4, 0.5) is 5.69 Å². The van der Waals surface area contributed by atoms with Crippen molar-refractivity contribution in [1.29, 1.82) is 0 Å². The van der Waals surface area contributed by atoms with Crippen LogP contribution < -0.4 is 29.6 Å². The topological polar surface area (TPSA) is 95.1 Å². The molecule has 8 heteroatoms. The summed E-state index contributed by atoms with van der Waals surface area (Å²) in [5, 5.41) is 5.64. The molecular formula is C22H26N2O6. The van der Waals surface area contributed by atoms with Crippen LogP contribution in [0, 0.1) is 5.92 Å². The van der Waals surface area contributed by atoms with Crippen molar-refractivity contribution in [3.8, 4) is 23.0 Å². The molecule has 0 saturated heterocycles. The summed E-state index contributed by atoms with van der Waals surface area (Å²) in [5.74, 6) is 1.32. The SMILES string of the molecule is COc1cc(OC)cc(C(=O)N[C@H](C(=O)Nc2ccc3c(c2)OCCO3)C(C)C)c1. The molecule has 2 aromatic carbocycles. The lowest BCUT2D eigenvalue weighted by Gasteiger charge is -2.23. The first-order chi connectivity index (χ1) is 14.4. The number of hydrogen-bond donors (Lipinski definition) is 2. The normalized spacial score (nSPS) is 13.4. The van der Waals surface area contributed by atoms with Crippen molar-refractivity contribution >= 4 is 17.5 Å². The Morgan fingerprint density at radius 1 is 0.933 bits per heavy atom. The van der Waals surface area contributed by atoms with Gasteiger partial charge in [-0.15, -0.1) is 0 Å². The van der Waals surface area contributed by atoms with Crippen LogP contribution in [-0.2, 0) is 4.79 Å². The lowest BCUT2D eigenvalue weighted by molar-refractivity contribution is -0.118. The van der Waals surface area contributed by atoms with Gasteiger partial charge in [-0.3, -0.25) is 9.59 Å². The van der Waals surface area contributed by atoms with Crippen LogP contribution in [0.3, 0.4) is 0 Å². The van der Waals surface area contributed by atoms with Gasteiger partial charge in [0.05, 0.1) is 14.2 Å². The van der Waals surface area contributed by atoms with Crippen molar-refractivity contribution < 1.29 is 28.5 Å². The van der Waals surface area contributed by atoms with Crippen LogP contribution >= 0.6 is 0 Å². The minimum atomic E-state index is -0.747. The average molecular weight is 414 g/mol. The standard InChI is InChI=1S/C22H26N2O6/c1-13(2)20(24-21(25)14-9-16(27-3)12-17(10-14)28-4)22(26)23-15-5-6-18-19(11-15)30-8-7-29-18/h5-6,9-13,20H,7-8H2,1-4H3,(H,23,26)(H,24,25)/t20-/m0/s1. The second-order valence-electron chi connectivity index (χ2n) is 7.14. The number of methoxy groups -OCH3 is 2. The first kappa shape index (κ1) is 21.3. The van der Waals surface area contributed by atoms with Gasteiger partial charge in [0.2, 0.25) is 5.91 Å². The first-order valence-corrected chi connectivity index (χ1v) is 9.65. The average Bonchev–Trinajstić information content (AvgIpc) is 2.76. The zero-order valence-electron chi connectivity index (χ0n) is 17.5. The van der Waals surface area contributed by atoms with Gasteiger partial charge >= 0.3 is 0 Å². The summed E-state index contributed by atoms with van der Waals surface area (Å²) in [6.07, 6.45) is 0. The number of benzene rings is 2. The molecule has 1 atom stereocenters. The van der Waals surface area contributed by atoms with Gasteiger partial charge in [0.15, 0.2) is 11.5 Å². The second kappa shape index (κ2) is 9.39. The van der Waals surface area contributed by atoms with Gasteiger partial charge in [-0.05, 0) is 30.2 Å². The van der Waals surface area contributed by atoms with E-state index in [1.165, 1.54) is 14.2 Å². The van der Waals surface area contributed by atoms with E-state index in [0.29, 0.717) is 47.5 Å². The monoisotopic (exact) mass is 414 g/mol. The highest BCUT2D eigenvalue weighted by molar-refractivity contribution is 6.01. The molecule has 8 nitrogen and oxygen atoms in total. The lowest BCUT2D eigenvalue weighted by Crippen LogP contribution is -2.47. The Hall–Kier alpha value is -3.42. The fourth-order valence-electron chi connectivity index (χ4n) is 3.04. The maximum atomic E-state index is 12.9. The molecule has 0 saturated carbocycles. The smallest absolute Gasteiger partial charge is 0.252 e. The van der Waals surface area contributed by atoms with Crippen LogP contribution in [0.2, 0.25) is 0 Å². The Kier molecular flexibility index (Phi) is 6.66. The number of rotatable bonds is 7. The quantitative estimate of drug-likeness (QED) is 0.724. The molecule has 30 heavy (non-hydrogen) atoms. The number of fused-ring (bicyclic) bond motifs is 1. The third-order valence-corrected chi connectivity index (χ3v) is 4.66. The predicted molar refractivity (Wildman–Crippen MR) is 112 cm³/mol. The summed E-state index contributed by atoms with van der Waals surface area (Å²) in [5.41, 5.74) is 0.899. The van der Waals surface area contributed by atoms with E-state index < -0.39 is 11.9 Å². The molecule has 2 N–H and O–H groups in total. The molecule has 0 unspecified atom stereocenters. The van der Waals surface area contributed by atoms with Gasteiger partial charge < -0.3 is 29.6 Å². The summed E-state index contributed by atoms with van der Waals surface area (Å²) >= 11 is 0. The first-order valence-electron chi connectivity index (χ1n) is 9.65. The van der Waals surface area contributed by atoms with Gasteiger partial charge in [0, 0.05) is 23.4 Å². The van der Waals surface area contributed by atoms with Crippen molar-refractivity contribution in [2.75, 3.05) is 32.8 Å². The maximum Gasteiger partial charge on any atom is 0.252 e. The predicted octanol–water partition coefficient (Wildman–Crippen LogP) is 2.87. The molecular weight excluding hydrogens is 388 g/mol. The fourth-order valence-corrected chi connectivity index (χ4v) is 3.04. The van der Waals surface area contributed by atoms with Gasteiger partial charge in [0.1, 0.15) is 30.8 Å². The zero-order valence-corrected chi connectivity index (χ0v) is 17.5. The minimum absolute atomic E-state index is 0.140. The van der Waals surface area contributed by atoms with Crippen LogP contribution in [-0.4, -0.2) is 45.3 Å². The Labute approximate surface area is 175 Å². The maximum absolute atomic E-state index is 12.9. The van der Waals surface area contributed by atoms with E-state index in [0.717, 1.165) is 0 Å². The number of carbonyl (C=O) groups excluding carboxylic acids is 2. The molecule has 3 rings (SSSR count). The molecule has 0 radical (unpaired) electrons. The summed E-state index contributed by atoms with van der Waals surface area (Å²) in [4.78, 5) is 25.7. The zero-order chi connectivity index (χ0) is 21.7. The van der Waals surface area contributed by atoms with E-state index in [1.54, 1.807) is 36.4 Å². The highest BCUT2D eigenvalue weighted by Gasteiger charge is 2.26. The molecule has 0 aliphatic carbocycles. The van der Waals surface area contributed by atoms with Crippen molar-refractivity contribution in [3.63, 3.8) is 0 Å². The number of ether oxygens (including phenoxy) is 4. The molecule has 160 valence electrons. The van der Waals surface area contributed by atoms with E-state index in [1.807, 2.05) is 13.8 Å². The molecule has 2 aromatic rings. The molecule has 1 heterocycles. The second-order valence-corrected chi connectivity index (χ2v) is 7.14. The molecule has 1 aliphatic rings. The van der Waals surface area contributed by atoms with Crippen molar-refractivity contribution in [2.45, 2.75) is 19.9 Å². The lowest BCUT2D eigenvalue weighted by atomic mass is 10.0. The summed E-state index contributed by atoms with van der Waals surface area (Å²) in [6.45, 7) is 4.68. The number of hydrogen-bond acceptors (Lipinski definition) is 6. The molecule has 0 bridgehead atoms. The molecule has 1 aliphatic heterocycles. The van der Waals surface area contributed by atoms with E-state index in [2.05, 4.69) is 10.6 Å². The number of amides is 2. The summed E-state index contributed by atoms with van der Waals surface area (Å²) in [7, 11) is 3.02. The third-order valence-electron chi connectivity index (χ3n) is 4.66. The Morgan fingerprint density at radius 2 is 1.57 bits per heavy atom. The van der Waals surface area contributed by atoms with Crippen LogP contribution in [0.1, 0.15) is 24.2 Å². The number of carbonyl (C=O) groups is 2. The van der Waals surface area contributed by atoms with Gasteiger partial charge in [0.25, 0.3) is 5.91 Å². The Bertz CT molecular complexity index is 906. The Balaban J connectivity index is 1.74. The highest BCUT2D eigenvalue weighted by atomic mass is 16.6. The largest absolute Gasteiger partial charge is 0.497 e. The summed E-state index contributed by atoms with van der Waals surface area (Å²) < 4.78 is 21.5. The van der Waals surface area contributed by atoms with Crippen LogP contribution in [0.5, 0.6) is 23.0 Å². The van der Waals surface area contributed by atoms with Gasteiger partial charge in [-0.1, -0.05) is 13.8 Å². The fraction of sp³-hybridized carbons (Fsp3) is 0.364. The van der Waals surface area contributed by atoms with E-state index in [4.69, 9.17) is 18.9 Å². The molecule has 2 amide bonds. The Morgan fingerprint density at radius 3 is 2.17 bits per heavy atom. The highest BCUT2D eigenvalue weighted by Crippen LogP contribution is 2.32. The van der Waals surface area contributed by atoms with Crippen molar-refractivity contribution in [1.82, 2.24) is 5.32 Å². The van der Waals surface area contributed by atoms with E-state index in [9.17, 15) is 9.59 Å². The molecule has 0 spiro atoms. The van der Waals surface area contributed by atoms with Crippen molar-refractivity contribution in [2.24, 2.45) is 5.92 Å². The van der Waals surface area contributed by atoms with Crippen LogP contribution in [0.15, 0.2) is 36.4 Å². The summed E-state index contributed by atoms with van der Waals surface area (Å²) in [6, 6.07) is 9.29. The molecule has 0 aromatic heterocycles. The third kappa shape index (κ3) is 4.94. The number of anilines is 1. The van der Waals surface area contributed by atoms with Crippen LogP contribution in [0.25, 0.3) is 0 Å². The van der Waals surface area contributed by atoms with Gasteiger partial charge in [-0.25, -0.2) is 0 Å². The molecule has 0 fully saturated rings. The van der Waals surface area contributed by atoms with E-state index in [-0.39, 0.29) is 11.8 Å². The van der Waals surface area contributed by atoms with E-state index >= 15 is 0 Å². The number of nitrogens with one attached hydrogen (secondary N) is 2.